The quantitative estimate of drug-likeness (QED) is 0.640. The molecule has 7 heteroatoms. The van der Waals surface area contributed by atoms with E-state index in [1.165, 1.54) is 6.20 Å². The summed E-state index contributed by atoms with van der Waals surface area (Å²) in [5, 5.41) is 24.9. The first kappa shape index (κ1) is 15.2. The molecular weight excluding hydrogens is 350 g/mol. The van der Waals surface area contributed by atoms with Crippen LogP contribution in [0.4, 0.5) is 11.4 Å². The van der Waals surface area contributed by atoms with Gasteiger partial charge in [0.2, 0.25) is 0 Å². The second-order valence-electron chi connectivity index (χ2n) is 5.59. The molecule has 0 atom stereocenters. The number of hydrogen-bond acceptors (Lipinski definition) is 5. The molecule has 0 saturated heterocycles. The molecule has 1 aliphatic rings. The number of pyridine rings is 1. The topological polar surface area (TPSA) is 88.3 Å². The third kappa shape index (κ3) is 3.05. The Morgan fingerprint density at radius 3 is 2.73 bits per heavy atom. The molecule has 0 amide bonds. The normalized spacial score (nSPS) is 21.7. The zero-order valence-corrected chi connectivity index (χ0v) is 13.4. The third-order valence-corrected chi connectivity index (χ3v) is 4.55. The van der Waals surface area contributed by atoms with Crippen LogP contribution in [0.5, 0.6) is 0 Å². The van der Waals surface area contributed by atoms with E-state index < -0.39 is 4.92 Å². The standard InChI is InChI=1S/C15H16BrN3O3/c16-9-1-6-13-12(7-9)15(14(8-17-13)19(21)22)18-10-2-4-11(20)5-3-10/h1,6-8,10-11,20H,2-5H2,(H,17,18)/t10-,11+. The van der Waals surface area contributed by atoms with Gasteiger partial charge in [0.25, 0.3) is 0 Å². The highest BCUT2D eigenvalue weighted by atomic mass is 79.9. The van der Waals surface area contributed by atoms with Gasteiger partial charge in [-0.25, -0.2) is 4.98 Å². The Balaban J connectivity index is 2.02. The van der Waals surface area contributed by atoms with Crippen molar-refractivity contribution in [3.63, 3.8) is 0 Å². The number of aliphatic hydroxyl groups is 1. The summed E-state index contributed by atoms with van der Waals surface area (Å²) in [5.74, 6) is 0. The summed E-state index contributed by atoms with van der Waals surface area (Å²) in [4.78, 5) is 15.1. The fourth-order valence-electron chi connectivity index (χ4n) is 2.87. The van der Waals surface area contributed by atoms with E-state index in [-0.39, 0.29) is 17.8 Å². The molecule has 2 N–H and O–H groups in total. The van der Waals surface area contributed by atoms with Crippen LogP contribution in [0, 0.1) is 10.1 Å². The van der Waals surface area contributed by atoms with Crippen LogP contribution in [0.15, 0.2) is 28.9 Å². The maximum Gasteiger partial charge on any atom is 0.311 e. The van der Waals surface area contributed by atoms with Crippen molar-refractivity contribution in [1.29, 1.82) is 0 Å². The molecule has 22 heavy (non-hydrogen) atoms. The summed E-state index contributed by atoms with van der Waals surface area (Å²) in [6.45, 7) is 0. The zero-order valence-electron chi connectivity index (χ0n) is 11.8. The molecule has 1 saturated carbocycles. The van der Waals surface area contributed by atoms with E-state index in [9.17, 15) is 15.2 Å². The highest BCUT2D eigenvalue weighted by molar-refractivity contribution is 9.10. The fourth-order valence-corrected chi connectivity index (χ4v) is 3.23. The Morgan fingerprint density at radius 2 is 2.05 bits per heavy atom. The van der Waals surface area contributed by atoms with Gasteiger partial charge in [-0.15, -0.1) is 0 Å². The number of anilines is 1. The van der Waals surface area contributed by atoms with Gasteiger partial charge in [-0.3, -0.25) is 10.1 Å². The monoisotopic (exact) mass is 365 g/mol. The fraction of sp³-hybridized carbons (Fsp3) is 0.400. The van der Waals surface area contributed by atoms with Crippen molar-refractivity contribution in [3.8, 4) is 0 Å². The first-order chi connectivity index (χ1) is 10.5. The van der Waals surface area contributed by atoms with E-state index in [0.29, 0.717) is 11.2 Å². The number of benzene rings is 1. The number of fused-ring (bicyclic) bond motifs is 1. The smallest absolute Gasteiger partial charge is 0.311 e. The third-order valence-electron chi connectivity index (χ3n) is 4.05. The van der Waals surface area contributed by atoms with Crippen molar-refractivity contribution in [2.75, 3.05) is 5.32 Å². The van der Waals surface area contributed by atoms with Gasteiger partial charge in [-0.2, -0.15) is 0 Å². The van der Waals surface area contributed by atoms with Gasteiger partial charge in [0.15, 0.2) is 0 Å². The molecular formula is C15H16BrN3O3. The maximum atomic E-state index is 11.3. The summed E-state index contributed by atoms with van der Waals surface area (Å²) in [7, 11) is 0. The zero-order chi connectivity index (χ0) is 15.7. The molecule has 3 rings (SSSR count). The van der Waals surface area contributed by atoms with Gasteiger partial charge in [0, 0.05) is 15.9 Å². The Kier molecular flexibility index (Phi) is 4.26. The number of halogens is 1. The van der Waals surface area contributed by atoms with Crippen molar-refractivity contribution in [2.45, 2.75) is 37.8 Å². The van der Waals surface area contributed by atoms with Gasteiger partial charge in [0.1, 0.15) is 11.9 Å². The predicted octanol–water partition coefficient (Wildman–Crippen LogP) is 3.62. The number of hydrogen-bond donors (Lipinski definition) is 2. The molecule has 0 unspecified atom stereocenters. The largest absolute Gasteiger partial charge is 0.393 e. The molecule has 1 fully saturated rings. The molecule has 116 valence electrons. The van der Waals surface area contributed by atoms with Gasteiger partial charge in [-0.1, -0.05) is 15.9 Å². The first-order valence-corrected chi connectivity index (χ1v) is 8.01. The Bertz CT molecular complexity index is 714. The molecule has 0 bridgehead atoms. The van der Waals surface area contributed by atoms with E-state index in [4.69, 9.17) is 0 Å². The lowest BCUT2D eigenvalue weighted by atomic mass is 9.93. The van der Waals surface area contributed by atoms with Gasteiger partial charge >= 0.3 is 5.69 Å². The van der Waals surface area contributed by atoms with E-state index in [0.717, 1.165) is 35.5 Å². The highest BCUT2D eigenvalue weighted by Crippen LogP contribution is 2.35. The van der Waals surface area contributed by atoms with Crippen LogP contribution in [-0.4, -0.2) is 27.2 Å². The molecule has 0 aliphatic heterocycles. The van der Waals surface area contributed by atoms with E-state index in [2.05, 4.69) is 26.2 Å². The number of aliphatic hydroxyl groups excluding tert-OH is 1. The number of nitro groups is 1. The summed E-state index contributed by atoms with van der Waals surface area (Å²) in [6.07, 6.45) is 4.09. The second kappa shape index (κ2) is 6.18. The number of rotatable bonds is 3. The molecule has 1 heterocycles. The number of aromatic nitrogens is 1. The number of nitrogens with one attached hydrogen (secondary N) is 1. The minimum atomic E-state index is -0.409. The van der Waals surface area contributed by atoms with Crippen molar-refractivity contribution in [1.82, 2.24) is 4.98 Å². The molecule has 0 spiro atoms. The van der Waals surface area contributed by atoms with Crippen LogP contribution in [0.2, 0.25) is 0 Å². The van der Waals surface area contributed by atoms with Crippen LogP contribution in [0.3, 0.4) is 0 Å². The van der Waals surface area contributed by atoms with Crippen molar-refractivity contribution in [2.24, 2.45) is 0 Å². The Labute approximate surface area is 135 Å². The van der Waals surface area contributed by atoms with Crippen molar-refractivity contribution in [3.05, 3.63) is 39.0 Å². The first-order valence-electron chi connectivity index (χ1n) is 7.22. The molecule has 0 radical (unpaired) electrons. The predicted molar refractivity (Wildman–Crippen MR) is 88.0 cm³/mol. The van der Waals surface area contributed by atoms with Crippen LogP contribution in [-0.2, 0) is 0 Å². The lowest BCUT2D eigenvalue weighted by molar-refractivity contribution is -0.384. The van der Waals surface area contributed by atoms with Crippen LogP contribution in [0.1, 0.15) is 25.7 Å². The van der Waals surface area contributed by atoms with E-state index in [1.54, 1.807) is 0 Å². The van der Waals surface area contributed by atoms with Crippen LogP contribution in [0.25, 0.3) is 10.9 Å². The summed E-state index contributed by atoms with van der Waals surface area (Å²) < 4.78 is 0.851. The molecule has 1 aliphatic carbocycles. The molecule has 1 aromatic heterocycles. The van der Waals surface area contributed by atoms with Gasteiger partial charge in [-0.05, 0) is 43.9 Å². The van der Waals surface area contributed by atoms with Crippen LogP contribution < -0.4 is 5.32 Å². The maximum absolute atomic E-state index is 11.3. The van der Waals surface area contributed by atoms with Crippen LogP contribution >= 0.6 is 15.9 Å². The summed E-state index contributed by atoms with van der Waals surface area (Å²) in [5.41, 5.74) is 1.21. The molecule has 6 nitrogen and oxygen atoms in total. The SMILES string of the molecule is O=[N+]([O-])c1cnc2ccc(Br)cc2c1N[C@H]1CC[C@@H](O)CC1. The van der Waals surface area contributed by atoms with Gasteiger partial charge < -0.3 is 10.4 Å². The second-order valence-corrected chi connectivity index (χ2v) is 6.50. The van der Waals surface area contributed by atoms with Gasteiger partial charge in [0.05, 0.1) is 16.5 Å². The average molecular weight is 366 g/mol. The van der Waals surface area contributed by atoms with Crippen molar-refractivity contribution >= 4 is 38.2 Å². The summed E-state index contributed by atoms with van der Waals surface area (Å²) in [6, 6.07) is 5.67. The Morgan fingerprint density at radius 1 is 1.32 bits per heavy atom. The van der Waals surface area contributed by atoms with E-state index in [1.807, 2.05) is 18.2 Å². The van der Waals surface area contributed by atoms with E-state index >= 15 is 0 Å². The molecule has 1 aromatic carbocycles. The highest BCUT2D eigenvalue weighted by Gasteiger charge is 2.24. The summed E-state index contributed by atoms with van der Waals surface area (Å²) >= 11 is 3.40. The minimum absolute atomic E-state index is 0.0169. The Hall–Kier alpha value is -1.73. The number of nitrogens with zero attached hydrogens (tertiary/aromatic N) is 2. The van der Waals surface area contributed by atoms with Crippen molar-refractivity contribution < 1.29 is 10.0 Å². The minimum Gasteiger partial charge on any atom is -0.393 e. The lowest BCUT2D eigenvalue weighted by Crippen LogP contribution is -2.28. The lowest BCUT2D eigenvalue weighted by Gasteiger charge is -2.27. The molecule has 2 aromatic rings. The average Bonchev–Trinajstić information content (AvgIpc) is 2.49.